The Hall–Kier alpha value is -3.71. The summed E-state index contributed by atoms with van der Waals surface area (Å²) in [5.41, 5.74) is 5.71. The first-order chi connectivity index (χ1) is 15.5. The summed E-state index contributed by atoms with van der Waals surface area (Å²) in [5.74, 6) is 0.660. The summed E-state index contributed by atoms with van der Waals surface area (Å²) in [6.45, 7) is 4.06. The van der Waals surface area contributed by atoms with E-state index in [4.69, 9.17) is 21.4 Å². The third-order valence-electron chi connectivity index (χ3n) is 5.17. The number of nitrogens with zero attached hydrogens (tertiary/aromatic N) is 1. The molecule has 3 aromatic carbocycles. The molecule has 6 nitrogen and oxygen atoms in total. The second kappa shape index (κ2) is 9.20. The predicted molar refractivity (Wildman–Crippen MR) is 130 cm³/mol. The highest BCUT2D eigenvalue weighted by Crippen LogP contribution is 2.28. The number of para-hydroxylation sites is 1. The molecule has 0 saturated carbocycles. The van der Waals surface area contributed by atoms with Crippen molar-refractivity contribution in [3.05, 3.63) is 77.4 Å². The van der Waals surface area contributed by atoms with Gasteiger partial charge in [0.2, 0.25) is 5.89 Å². The normalized spacial score (nSPS) is 10.7. The number of oxazole rings is 1. The van der Waals surface area contributed by atoms with E-state index in [0.717, 1.165) is 34.3 Å². The third-order valence-corrected chi connectivity index (χ3v) is 5.38. The number of methoxy groups -OCH3 is 1. The van der Waals surface area contributed by atoms with E-state index < -0.39 is 0 Å². The lowest BCUT2D eigenvalue weighted by Crippen LogP contribution is -2.34. The van der Waals surface area contributed by atoms with Crippen molar-refractivity contribution in [3.8, 4) is 17.2 Å². The maximum atomic E-state index is 12.6. The van der Waals surface area contributed by atoms with Gasteiger partial charge in [-0.05, 0) is 73.1 Å². The van der Waals surface area contributed by atoms with Crippen molar-refractivity contribution in [2.24, 2.45) is 0 Å². The van der Waals surface area contributed by atoms with E-state index in [1.54, 1.807) is 24.3 Å². The number of fused-ring (bicyclic) bond motifs is 1. The van der Waals surface area contributed by atoms with Gasteiger partial charge in [-0.25, -0.2) is 4.98 Å². The molecular formula is C25H23N3O3S. The minimum Gasteiger partial charge on any atom is -0.496 e. The number of hydrogen-bond donors (Lipinski definition) is 2. The van der Waals surface area contributed by atoms with E-state index in [-0.39, 0.29) is 11.0 Å². The molecule has 0 bridgehead atoms. The van der Waals surface area contributed by atoms with Gasteiger partial charge in [-0.15, -0.1) is 0 Å². The number of thiocarbonyl (C=S) groups is 1. The van der Waals surface area contributed by atoms with Crippen LogP contribution in [-0.4, -0.2) is 23.1 Å². The molecule has 0 fully saturated rings. The van der Waals surface area contributed by atoms with Crippen molar-refractivity contribution in [2.45, 2.75) is 20.3 Å². The maximum Gasteiger partial charge on any atom is 0.261 e. The zero-order valence-corrected chi connectivity index (χ0v) is 18.9. The van der Waals surface area contributed by atoms with Crippen molar-refractivity contribution >= 4 is 40.0 Å². The SMILES string of the molecule is CCc1ccc2oc(-c3ccc(C)c(NC(=S)NC(=O)c4ccccc4OC)c3)nc2c1. The fourth-order valence-electron chi connectivity index (χ4n) is 3.36. The molecule has 7 heteroatoms. The number of aromatic nitrogens is 1. The summed E-state index contributed by atoms with van der Waals surface area (Å²) in [6, 6.07) is 18.8. The Morgan fingerprint density at radius 2 is 1.94 bits per heavy atom. The number of anilines is 1. The quantitative estimate of drug-likeness (QED) is 0.395. The molecule has 0 atom stereocenters. The van der Waals surface area contributed by atoms with Gasteiger partial charge in [0.05, 0.1) is 12.7 Å². The summed E-state index contributed by atoms with van der Waals surface area (Å²) >= 11 is 5.37. The van der Waals surface area contributed by atoms with Crippen LogP contribution >= 0.6 is 12.2 Å². The molecule has 4 rings (SSSR count). The van der Waals surface area contributed by atoms with Gasteiger partial charge in [-0.1, -0.05) is 31.2 Å². The average Bonchev–Trinajstić information content (AvgIpc) is 3.23. The lowest BCUT2D eigenvalue weighted by molar-refractivity contribution is 0.0975. The standard InChI is InChI=1S/C25H23N3O3S/c1-4-16-10-12-22-20(13-16)26-24(31-22)17-11-9-15(2)19(14-17)27-25(32)28-23(29)18-7-5-6-8-21(18)30-3/h5-14H,4H2,1-3H3,(H2,27,28,29,32). The van der Waals surface area contributed by atoms with Crippen LogP contribution in [0.5, 0.6) is 5.75 Å². The van der Waals surface area contributed by atoms with Gasteiger partial charge in [0.25, 0.3) is 5.91 Å². The molecule has 0 unspecified atom stereocenters. The van der Waals surface area contributed by atoms with Gasteiger partial charge in [0.1, 0.15) is 11.3 Å². The highest BCUT2D eigenvalue weighted by Gasteiger charge is 2.15. The minimum absolute atomic E-state index is 0.186. The molecule has 162 valence electrons. The van der Waals surface area contributed by atoms with Crippen LogP contribution in [0.4, 0.5) is 5.69 Å². The molecule has 0 aliphatic carbocycles. The van der Waals surface area contributed by atoms with Crippen molar-refractivity contribution < 1.29 is 13.9 Å². The number of amides is 1. The molecule has 0 aliphatic rings. The third kappa shape index (κ3) is 4.48. The second-order valence-electron chi connectivity index (χ2n) is 7.31. The Kier molecular flexibility index (Phi) is 6.18. The molecule has 4 aromatic rings. The topological polar surface area (TPSA) is 76.4 Å². The molecule has 0 spiro atoms. The van der Waals surface area contributed by atoms with Gasteiger partial charge in [0, 0.05) is 11.3 Å². The van der Waals surface area contributed by atoms with Crippen LogP contribution in [0.3, 0.4) is 0 Å². The van der Waals surface area contributed by atoms with Crippen LogP contribution in [0.2, 0.25) is 0 Å². The fourth-order valence-corrected chi connectivity index (χ4v) is 3.56. The zero-order chi connectivity index (χ0) is 22.7. The second-order valence-corrected chi connectivity index (χ2v) is 7.72. The number of benzene rings is 3. The van der Waals surface area contributed by atoms with E-state index in [1.165, 1.54) is 12.7 Å². The smallest absolute Gasteiger partial charge is 0.261 e. The largest absolute Gasteiger partial charge is 0.496 e. The summed E-state index contributed by atoms with van der Waals surface area (Å²) in [6.07, 6.45) is 0.939. The Balaban J connectivity index is 1.54. The van der Waals surface area contributed by atoms with E-state index in [9.17, 15) is 4.79 Å². The van der Waals surface area contributed by atoms with E-state index >= 15 is 0 Å². The number of ether oxygens (including phenoxy) is 1. The zero-order valence-electron chi connectivity index (χ0n) is 18.1. The minimum atomic E-state index is -0.348. The van der Waals surface area contributed by atoms with E-state index in [1.807, 2.05) is 43.3 Å². The predicted octanol–water partition coefficient (Wildman–Crippen LogP) is 5.50. The molecule has 1 amide bonds. The molecule has 0 aliphatic heterocycles. The number of hydrogen-bond acceptors (Lipinski definition) is 5. The van der Waals surface area contributed by atoms with Crippen LogP contribution < -0.4 is 15.4 Å². The molecule has 2 N–H and O–H groups in total. The lowest BCUT2D eigenvalue weighted by Gasteiger charge is -2.13. The average molecular weight is 446 g/mol. The Morgan fingerprint density at radius 3 is 2.72 bits per heavy atom. The first-order valence-corrected chi connectivity index (χ1v) is 10.6. The van der Waals surface area contributed by atoms with Crippen molar-refractivity contribution in [3.63, 3.8) is 0 Å². The molecule has 1 aromatic heterocycles. The lowest BCUT2D eigenvalue weighted by atomic mass is 10.1. The van der Waals surface area contributed by atoms with Crippen LogP contribution in [0.25, 0.3) is 22.6 Å². The monoisotopic (exact) mass is 445 g/mol. The van der Waals surface area contributed by atoms with Gasteiger partial charge < -0.3 is 14.5 Å². The van der Waals surface area contributed by atoms with E-state index in [0.29, 0.717) is 17.2 Å². The van der Waals surface area contributed by atoms with Gasteiger partial charge >= 0.3 is 0 Å². The van der Waals surface area contributed by atoms with Gasteiger partial charge in [-0.3, -0.25) is 10.1 Å². The van der Waals surface area contributed by atoms with Crippen LogP contribution in [0, 0.1) is 6.92 Å². The molecule has 1 heterocycles. The number of carbonyl (C=O) groups excluding carboxylic acids is 1. The number of aryl methyl sites for hydroxylation is 2. The van der Waals surface area contributed by atoms with Gasteiger partial charge in [0.15, 0.2) is 10.7 Å². The highest BCUT2D eigenvalue weighted by molar-refractivity contribution is 7.80. The van der Waals surface area contributed by atoms with Crippen LogP contribution in [-0.2, 0) is 6.42 Å². The maximum absolute atomic E-state index is 12.6. The van der Waals surface area contributed by atoms with E-state index in [2.05, 4.69) is 22.5 Å². The Morgan fingerprint density at radius 1 is 1.12 bits per heavy atom. The van der Waals surface area contributed by atoms with Crippen molar-refractivity contribution in [1.82, 2.24) is 10.3 Å². The number of nitrogens with one attached hydrogen (secondary N) is 2. The highest BCUT2D eigenvalue weighted by atomic mass is 32.1. The van der Waals surface area contributed by atoms with Crippen molar-refractivity contribution in [1.29, 1.82) is 0 Å². The number of carbonyl (C=O) groups is 1. The molecule has 0 radical (unpaired) electrons. The Labute approximate surface area is 191 Å². The first-order valence-electron chi connectivity index (χ1n) is 10.2. The van der Waals surface area contributed by atoms with Gasteiger partial charge in [-0.2, -0.15) is 0 Å². The summed E-state index contributed by atoms with van der Waals surface area (Å²) in [7, 11) is 1.52. The first kappa shape index (κ1) is 21.5. The number of rotatable bonds is 5. The van der Waals surface area contributed by atoms with Crippen molar-refractivity contribution in [2.75, 3.05) is 12.4 Å². The molecular weight excluding hydrogens is 422 g/mol. The van der Waals surface area contributed by atoms with Crippen LogP contribution in [0.15, 0.2) is 65.1 Å². The summed E-state index contributed by atoms with van der Waals surface area (Å²) in [4.78, 5) is 17.2. The van der Waals surface area contributed by atoms with Crippen LogP contribution in [0.1, 0.15) is 28.4 Å². The Bertz CT molecular complexity index is 1310. The fraction of sp³-hybridized carbons (Fsp3) is 0.160. The summed E-state index contributed by atoms with van der Waals surface area (Å²) < 4.78 is 11.2. The molecule has 0 saturated heterocycles. The summed E-state index contributed by atoms with van der Waals surface area (Å²) in [5, 5.41) is 5.99. The molecule has 32 heavy (non-hydrogen) atoms.